The molecule has 2 unspecified atom stereocenters. The average Bonchev–Trinajstić information content (AvgIpc) is 2.96. The Balaban J connectivity index is 2.13. The van der Waals surface area contributed by atoms with Gasteiger partial charge in [-0.2, -0.15) is 22.0 Å². The maximum absolute atomic E-state index is 13.8. The smallest absolute Gasteiger partial charge is 0.422 e. The van der Waals surface area contributed by atoms with Crippen molar-refractivity contribution in [1.82, 2.24) is 0 Å². The molecule has 25 heavy (non-hydrogen) atoms. The molecule has 0 bridgehead atoms. The zero-order valence-corrected chi connectivity index (χ0v) is 13.1. The molecule has 9 heteroatoms. The van der Waals surface area contributed by atoms with Crippen molar-refractivity contribution >= 4 is 5.97 Å². The predicted octanol–water partition coefficient (Wildman–Crippen LogP) is 5.08. The van der Waals surface area contributed by atoms with Gasteiger partial charge in [-0.3, -0.25) is 4.79 Å². The summed E-state index contributed by atoms with van der Waals surface area (Å²) in [5.74, 6) is -6.30. The van der Waals surface area contributed by atoms with E-state index in [2.05, 4.69) is 0 Å². The summed E-state index contributed by atoms with van der Waals surface area (Å²) in [6, 6.07) is 1.14. The first-order chi connectivity index (χ1) is 11.4. The van der Waals surface area contributed by atoms with E-state index in [1.807, 2.05) is 0 Å². The minimum absolute atomic E-state index is 0.417. The van der Waals surface area contributed by atoms with Gasteiger partial charge in [-0.25, -0.2) is 8.78 Å². The molecule has 0 N–H and O–H groups in total. The molecule has 0 radical (unpaired) electrons. The van der Waals surface area contributed by atoms with Crippen LogP contribution in [-0.4, -0.2) is 5.97 Å². The van der Waals surface area contributed by atoms with Gasteiger partial charge in [-0.1, -0.05) is 13.8 Å². The van der Waals surface area contributed by atoms with E-state index < -0.39 is 64.8 Å². The fourth-order valence-electron chi connectivity index (χ4n) is 2.78. The molecular formula is C16H13F7O2. The van der Waals surface area contributed by atoms with Gasteiger partial charge in [0.1, 0.15) is 23.8 Å². The number of hydrogen-bond acceptors (Lipinski definition) is 2. The van der Waals surface area contributed by atoms with Gasteiger partial charge < -0.3 is 4.74 Å². The molecule has 1 aliphatic rings. The van der Waals surface area contributed by atoms with Crippen molar-refractivity contribution in [3.63, 3.8) is 0 Å². The number of alkyl halides is 3. The van der Waals surface area contributed by atoms with Gasteiger partial charge in [0.2, 0.25) is 0 Å². The van der Waals surface area contributed by atoms with Crippen LogP contribution in [0.3, 0.4) is 0 Å². The largest absolute Gasteiger partial charge is 0.460 e. The summed E-state index contributed by atoms with van der Waals surface area (Å²) in [5.41, 5.74) is -3.55. The lowest BCUT2D eigenvalue weighted by atomic mass is 10.1. The molecule has 0 aromatic heterocycles. The van der Waals surface area contributed by atoms with Crippen molar-refractivity contribution in [3.05, 3.63) is 47.1 Å². The predicted molar refractivity (Wildman–Crippen MR) is 72.2 cm³/mol. The molecule has 1 aliphatic carbocycles. The van der Waals surface area contributed by atoms with Crippen molar-refractivity contribution < 1.29 is 40.3 Å². The molecule has 1 saturated carbocycles. The number of benzene rings is 1. The maximum Gasteiger partial charge on any atom is 0.422 e. The molecule has 2 atom stereocenters. The third-order valence-electron chi connectivity index (χ3n) is 4.29. The Morgan fingerprint density at radius 1 is 1.24 bits per heavy atom. The van der Waals surface area contributed by atoms with Gasteiger partial charge in [0.05, 0.1) is 5.92 Å². The van der Waals surface area contributed by atoms with Crippen LogP contribution >= 0.6 is 0 Å². The third-order valence-corrected chi connectivity index (χ3v) is 4.29. The van der Waals surface area contributed by atoms with E-state index in [0.717, 1.165) is 6.07 Å². The molecule has 1 fully saturated rings. The van der Waals surface area contributed by atoms with Crippen molar-refractivity contribution in [1.29, 1.82) is 0 Å². The second-order valence-electron chi connectivity index (χ2n) is 6.28. The summed E-state index contributed by atoms with van der Waals surface area (Å²) in [6.45, 7) is 2.22. The number of esters is 1. The molecule has 0 saturated heterocycles. The lowest BCUT2D eigenvalue weighted by Gasteiger charge is -2.13. The summed E-state index contributed by atoms with van der Waals surface area (Å²) < 4.78 is 94.3. The number of carbonyl (C=O) groups is 1. The summed E-state index contributed by atoms with van der Waals surface area (Å²) in [4.78, 5) is 11.9. The third kappa shape index (κ3) is 3.80. The average molecular weight is 370 g/mol. The van der Waals surface area contributed by atoms with E-state index >= 15 is 0 Å². The lowest BCUT2D eigenvalue weighted by molar-refractivity contribution is -0.147. The van der Waals surface area contributed by atoms with Crippen LogP contribution in [0.4, 0.5) is 30.7 Å². The van der Waals surface area contributed by atoms with E-state index in [4.69, 9.17) is 4.74 Å². The van der Waals surface area contributed by atoms with E-state index in [9.17, 15) is 35.5 Å². The van der Waals surface area contributed by atoms with E-state index in [1.165, 1.54) is 0 Å². The highest BCUT2D eigenvalue weighted by atomic mass is 19.4. The van der Waals surface area contributed by atoms with Gasteiger partial charge in [0.15, 0.2) is 0 Å². The van der Waals surface area contributed by atoms with Crippen molar-refractivity contribution in [2.75, 3.05) is 0 Å². The quantitative estimate of drug-likeness (QED) is 0.546. The zero-order valence-electron chi connectivity index (χ0n) is 13.1. The Kier molecular flexibility index (Phi) is 4.89. The minimum atomic E-state index is -5.25. The summed E-state index contributed by atoms with van der Waals surface area (Å²) in [6.07, 6.45) is -6.61. The van der Waals surface area contributed by atoms with Crippen molar-refractivity contribution in [3.8, 4) is 0 Å². The van der Waals surface area contributed by atoms with Crippen molar-refractivity contribution in [2.45, 2.75) is 26.6 Å². The highest BCUT2D eigenvalue weighted by molar-refractivity contribution is 5.78. The molecule has 0 heterocycles. The molecular weight excluding hydrogens is 357 g/mol. The van der Waals surface area contributed by atoms with Gasteiger partial charge >= 0.3 is 12.1 Å². The topological polar surface area (TPSA) is 26.3 Å². The van der Waals surface area contributed by atoms with Crippen molar-refractivity contribution in [2.24, 2.45) is 17.3 Å². The van der Waals surface area contributed by atoms with Gasteiger partial charge in [-0.15, -0.1) is 0 Å². The SMILES string of the molecule is CC1(C)C(C=C(F)F)C1C(=O)OCc1ccc(F)c(C(F)(F)F)c1F. The van der Waals surface area contributed by atoms with Crippen LogP contribution in [0.1, 0.15) is 25.0 Å². The van der Waals surface area contributed by atoms with Crippen LogP contribution in [0.5, 0.6) is 0 Å². The fourth-order valence-corrected chi connectivity index (χ4v) is 2.78. The molecule has 0 amide bonds. The fraction of sp³-hybridized carbons (Fsp3) is 0.438. The Labute approximate surface area is 138 Å². The van der Waals surface area contributed by atoms with Gasteiger partial charge in [-0.05, 0) is 23.6 Å². The van der Waals surface area contributed by atoms with Crippen LogP contribution in [0.25, 0.3) is 0 Å². The Morgan fingerprint density at radius 2 is 1.84 bits per heavy atom. The maximum atomic E-state index is 13.8. The molecule has 0 spiro atoms. The highest BCUT2D eigenvalue weighted by Crippen LogP contribution is 2.60. The molecule has 0 aliphatic heterocycles. The minimum Gasteiger partial charge on any atom is -0.460 e. The molecule has 2 rings (SSSR count). The number of rotatable bonds is 4. The Hall–Kier alpha value is -2.06. The van der Waals surface area contributed by atoms with E-state index in [-0.39, 0.29) is 0 Å². The first kappa shape index (κ1) is 19.3. The Bertz CT molecular complexity index is 718. The molecule has 2 nitrogen and oxygen atoms in total. The molecule has 1 aromatic rings. The van der Waals surface area contributed by atoms with E-state index in [0.29, 0.717) is 12.1 Å². The molecule has 138 valence electrons. The summed E-state index contributed by atoms with van der Waals surface area (Å²) in [7, 11) is 0. The monoisotopic (exact) mass is 370 g/mol. The van der Waals surface area contributed by atoms with Crippen LogP contribution in [-0.2, 0) is 22.3 Å². The lowest BCUT2D eigenvalue weighted by Crippen LogP contribution is -2.15. The van der Waals surface area contributed by atoms with Crippen LogP contribution in [0.2, 0.25) is 0 Å². The van der Waals surface area contributed by atoms with Gasteiger partial charge in [0, 0.05) is 11.5 Å². The van der Waals surface area contributed by atoms with Crippen LogP contribution in [0.15, 0.2) is 24.3 Å². The first-order valence-electron chi connectivity index (χ1n) is 7.11. The van der Waals surface area contributed by atoms with E-state index in [1.54, 1.807) is 13.8 Å². The Morgan fingerprint density at radius 3 is 2.36 bits per heavy atom. The standard InChI is InChI=1S/C16H13F7O2/c1-15(2)8(5-10(18)19)11(15)14(24)25-6-7-3-4-9(17)12(13(7)20)16(21,22)23/h3-5,8,11H,6H2,1-2H3. The number of hydrogen-bond donors (Lipinski definition) is 0. The zero-order chi connectivity index (χ0) is 19.2. The number of carbonyl (C=O) groups excluding carboxylic acids is 1. The summed E-state index contributed by atoms with van der Waals surface area (Å²) in [5, 5.41) is 0. The number of allylic oxidation sites excluding steroid dienone is 1. The second-order valence-corrected chi connectivity index (χ2v) is 6.28. The highest BCUT2D eigenvalue weighted by Gasteiger charge is 2.62. The number of halogens is 7. The first-order valence-corrected chi connectivity index (χ1v) is 7.11. The summed E-state index contributed by atoms with van der Waals surface area (Å²) >= 11 is 0. The van der Waals surface area contributed by atoms with Crippen LogP contribution in [0, 0.1) is 28.9 Å². The molecule has 1 aromatic carbocycles. The van der Waals surface area contributed by atoms with Crippen LogP contribution < -0.4 is 0 Å². The number of ether oxygens (including phenoxy) is 1. The van der Waals surface area contributed by atoms with Gasteiger partial charge in [0.25, 0.3) is 6.08 Å². The normalized spacial score (nSPS) is 21.6. The second kappa shape index (κ2) is 6.34.